The zero-order valence-electron chi connectivity index (χ0n) is 16.6. The van der Waals surface area contributed by atoms with E-state index in [2.05, 4.69) is 34.6 Å². The molecule has 0 aliphatic carbocycles. The number of hydrogen-bond donors (Lipinski definition) is 1. The lowest BCUT2D eigenvalue weighted by atomic mass is 10.1. The van der Waals surface area contributed by atoms with Gasteiger partial charge < -0.3 is 10.2 Å². The number of thiophene rings is 1. The third kappa shape index (κ3) is 4.72. The van der Waals surface area contributed by atoms with Crippen LogP contribution in [-0.2, 0) is 6.18 Å². The average molecular weight is 440 g/mol. The van der Waals surface area contributed by atoms with Crippen molar-refractivity contribution in [3.05, 3.63) is 99.9 Å². The summed E-state index contributed by atoms with van der Waals surface area (Å²) in [5.41, 5.74) is 2.66. The Morgan fingerprint density at radius 2 is 1.94 bits per heavy atom. The molecule has 0 bridgehead atoms. The van der Waals surface area contributed by atoms with Gasteiger partial charge in [-0.2, -0.15) is 13.2 Å². The van der Waals surface area contributed by atoms with Crippen LogP contribution in [0.4, 0.5) is 24.5 Å². The maximum Gasteiger partial charge on any atom is 0.416 e. The maximum atomic E-state index is 12.9. The van der Waals surface area contributed by atoms with Crippen LogP contribution in [0.5, 0.6) is 0 Å². The van der Waals surface area contributed by atoms with Crippen molar-refractivity contribution in [1.82, 2.24) is 0 Å². The van der Waals surface area contributed by atoms with Gasteiger partial charge in [0, 0.05) is 40.1 Å². The van der Waals surface area contributed by atoms with Crippen LogP contribution in [0.2, 0.25) is 0 Å². The molecule has 0 atom stereocenters. The van der Waals surface area contributed by atoms with Crippen molar-refractivity contribution < 1.29 is 18.0 Å². The molecule has 0 saturated carbocycles. The minimum absolute atomic E-state index is 0.0438. The summed E-state index contributed by atoms with van der Waals surface area (Å²) in [6, 6.07) is 13.9. The van der Waals surface area contributed by atoms with E-state index < -0.39 is 17.6 Å². The number of alkyl halides is 3. The van der Waals surface area contributed by atoms with Crippen molar-refractivity contribution in [1.29, 1.82) is 0 Å². The number of benzene rings is 2. The van der Waals surface area contributed by atoms with Crippen molar-refractivity contribution in [2.75, 3.05) is 16.8 Å². The number of allylic oxidation sites excluding steroid dienone is 2. The van der Waals surface area contributed by atoms with Gasteiger partial charge in [0.05, 0.1) is 5.56 Å². The van der Waals surface area contributed by atoms with Crippen molar-refractivity contribution in [3.8, 4) is 0 Å². The first-order chi connectivity index (χ1) is 14.8. The third-order valence-electron chi connectivity index (χ3n) is 4.93. The van der Waals surface area contributed by atoms with E-state index in [0.717, 1.165) is 33.8 Å². The second-order valence-electron chi connectivity index (χ2n) is 7.15. The number of amides is 1. The van der Waals surface area contributed by atoms with Crippen LogP contribution in [0.3, 0.4) is 0 Å². The largest absolute Gasteiger partial charge is 0.416 e. The first-order valence-corrected chi connectivity index (χ1v) is 10.5. The van der Waals surface area contributed by atoms with Gasteiger partial charge in [0.25, 0.3) is 5.91 Å². The number of halogens is 3. The van der Waals surface area contributed by atoms with Crippen LogP contribution in [0.15, 0.2) is 78.3 Å². The second-order valence-corrected chi connectivity index (χ2v) is 8.10. The average Bonchev–Trinajstić information content (AvgIpc) is 3.30. The lowest BCUT2D eigenvalue weighted by Gasteiger charge is -2.25. The van der Waals surface area contributed by atoms with Crippen LogP contribution in [-0.4, -0.2) is 12.5 Å². The minimum atomic E-state index is -4.50. The van der Waals surface area contributed by atoms with E-state index in [1.165, 1.54) is 12.1 Å². The molecule has 1 amide bonds. The molecule has 0 spiro atoms. The lowest BCUT2D eigenvalue weighted by molar-refractivity contribution is -0.137. The maximum absolute atomic E-state index is 12.9. The first-order valence-electron chi connectivity index (χ1n) is 9.59. The monoisotopic (exact) mass is 440 g/mol. The van der Waals surface area contributed by atoms with Crippen LogP contribution >= 0.6 is 11.3 Å². The van der Waals surface area contributed by atoms with Gasteiger partial charge in [0.2, 0.25) is 0 Å². The van der Waals surface area contributed by atoms with Gasteiger partial charge in [-0.25, -0.2) is 0 Å². The highest BCUT2D eigenvalue weighted by Crippen LogP contribution is 2.32. The van der Waals surface area contributed by atoms with Gasteiger partial charge in [-0.1, -0.05) is 30.4 Å². The van der Waals surface area contributed by atoms with Gasteiger partial charge in [-0.15, -0.1) is 11.3 Å². The topological polar surface area (TPSA) is 32.3 Å². The van der Waals surface area contributed by atoms with Crippen molar-refractivity contribution in [3.63, 3.8) is 0 Å². The summed E-state index contributed by atoms with van der Waals surface area (Å²) in [5, 5.41) is 4.74. The smallest absolute Gasteiger partial charge is 0.343 e. The molecule has 0 unspecified atom stereocenters. The molecule has 1 aliphatic rings. The lowest BCUT2D eigenvalue weighted by Crippen LogP contribution is -2.20. The number of rotatable bonds is 4. The fourth-order valence-electron chi connectivity index (χ4n) is 3.35. The number of nitrogens with zero attached hydrogens (tertiary/aromatic N) is 1. The molecule has 31 heavy (non-hydrogen) atoms. The van der Waals surface area contributed by atoms with Gasteiger partial charge in [-0.05, 0) is 54.3 Å². The molecule has 4 rings (SSSR count). The Morgan fingerprint density at radius 3 is 2.68 bits per heavy atom. The van der Waals surface area contributed by atoms with E-state index in [-0.39, 0.29) is 5.56 Å². The van der Waals surface area contributed by atoms with E-state index in [9.17, 15) is 18.0 Å². The van der Waals surface area contributed by atoms with Gasteiger partial charge in [-0.3, -0.25) is 4.79 Å². The molecule has 1 N–H and O–H groups in total. The molecule has 2 heterocycles. The van der Waals surface area contributed by atoms with Crippen molar-refractivity contribution in [2.24, 2.45) is 0 Å². The van der Waals surface area contributed by atoms with E-state index in [0.29, 0.717) is 12.2 Å². The quantitative estimate of drug-likeness (QED) is 0.487. The summed E-state index contributed by atoms with van der Waals surface area (Å²) in [6.45, 7) is 2.66. The van der Waals surface area contributed by atoms with Crippen molar-refractivity contribution >= 4 is 34.2 Å². The molecule has 1 aliphatic heterocycles. The van der Waals surface area contributed by atoms with Crippen LogP contribution < -0.4 is 10.2 Å². The highest BCUT2D eigenvalue weighted by atomic mass is 32.1. The molecular weight excluding hydrogens is 421 g/mol. The Kier molecular flexibility index (Phi) is 5.69. The molecule has 3 nitrogen and oxygen atoms in total. The fraction of sp³-hybridized carbons (Fsp3) is 0.125. The Labute approximate surface area is 182 Å². The predicted molar refractivity (Wildman–Crippen MR) is 119 cm³/mol. The van der Waals surface area contributed by atoms with Gasteiger partial charge in [0.1, 0.15) is 0 Å². The van der Waals surface area contributed by atoms with E-state index in [1.807, 2.05) is 30.5 Å². The SMILES string of the molecule is Cc1ccc(NC(=O)c2cccc(C(F)(F)F)c2)cc1N1C=C(c2cccs2)C=CC1. The Balaban J connectivity index is 1.57. The zero-order chi connectivity index (χ0) is 22.0. The third-order valence-corrected chi connectivity index (χ3v) is 5.85. The number of carbonyl (C=O) groups is 1. The number of aryl methyl sites for hydroxylation is 1. The normalized spacial score (nSPS) is 13.8. The molecule has 0 radical (unpaired) electrons. The molecule has 1 aromatic heterocycles. The summed E-state index contributed by atoms with van der Waals surface area (Å²) in [4.78, 5) is 15.8. The van der Waals surface area contributed by atoms with Gasteiger partial charge >= 0.3 is 6.18 Å². The highest BCUT2D eigenvalue weighted by molar-refractivity contribution is 7.11. The molecule has 0 saturated heterocycles. The summed E-state index contributed by atoms with van der Waals surface area (Å²) in [7, 11) is 0. The van der Waals surface area contributed by atoms with Crippen LogP contribution in [0.25, 0.3) is 5.57 Å². The molecule has 2 aromatic carbocycles. The number of carbonyl (C=O) groups excluding carboxylic acids is 1. The van der Waals surface area contributed by atoms with Gasteiger partial charge in [0.15, 0.2) is 0 Å². The standard InChI is InChI=1S/C24H19F3N2OS/c1-16-9-10-20(28-23(30)17-5-2-7-19(13-17)24(25,26)27)14-21(16)29-11-3-6-18(15-29)22-8-4-12-31-22/h2-10,12-15H,11H2,1H3,(H,28,30). The van der Waals surface area contributed by atoms with Crippen LogP contribution in [0.1, 0.15) is 26.4 Å². The zero-order valence-corrected chi connectivity index (χ0v) is 17.4. The van der Waals surface area contributed by atoms with E-state index in [4.69, 9.17) is 0 Å². The Bertz CT molecular complexity index is 1160. The number of nitrogens with one attached hydrogen (secondary N) is 1. The summed E-state index contributed by atoms with van der Waals surface area (Å²) < 4.78 is 38.8. The van der Waals surface area contributed by atoms with E-state index in [1.54, 1.807) is 17.4 Å². The molecule has 3 aromatic rings. The Morgan fingerprint density at radius 1 is 1.10 bits per heavy atom. The Hall–Kier alpha value is -3.32. The minimum Gasteiger partial charge on any atom is -0.343 e. The van der Waals surface area contributed by atoms with Crippen molar-refractivity contribution in [2.45, 2.75) is 13.1 Å². The number of anilines is 2. The first kappa shape index (κ1) is 20.9. The summed E-state index contributed by atoms with van der Waals surface area (Å²) >= 11 is 1.66. The molecule has 0 fully saturated rings. The highest BCUT2D eigenvalue weighted by Gasteiger charge is 2.30. The summed E-state index contributed by atoms with van der Waals surface area (Å²) in [6.07, 6.45) is 1.72. The fourth-order valence-corrected chi connectivity index (χ4v) is 4.07. The second kappa shape index (κ2) is 8.43. The predicted octanol–water partition coefficient (Wildman–Crippen LogP) is 6.74. The molecule has 158 valence electrons. The molecular formula is C24H19F3N2OS. The van der Waals surface area contributed by atoms with Crippen LogP contribution in [0, 0.1) is 6.92 Å². The molecule has 7 heteroatoms. The number of hydrogen-bond acceptors (Lipinski definition) is 3. The van der Waals surface area contributed by atoms with E-state index >= 15 is 0 Å². The summed E-state index contributed by atoms with van der Waals surface area (Å²) in [5.74, 6) is -0.589.